The van der Waals surface area contributed by atoms with Gasteiger partial charge in [0.15, 0.2) is 0 Å². The third kappa shape index (κ3) is 3.88. The molecule has 0 aliphatic rings. The van der Waals surface area contributed by atoms with E-state index in [2.05, 4.69) is 5.32 Å². The highest BCUT2D eigenvalue weighted by atomic mass is 16.5. The molecule has 0 bridgehead atoms. The van der Waals surface area contributed by atoms with E-state index in [1.165, 1.54) is 6.08 Å². The lowest BCUT2D eigenvalue weighted by atomic mass is 10.2. The van der Waals surface area contributed by atoms with Gasteiger partial charge >= 0.3 is 0 Å². The van der Waals surface area contributed by atoms with E-state index in [0.29, 0.717) is 11.4 Å². The summed E-state index contributed by atoms with van der Waals surface area (Å²) in [5.41, 5.74) is 7.86. The summed E-state index contributed by atoms with van der Waals surface area (Å²) in [5, 5.41) is 2.75. The van der Waals surface area contributed by atoms with Crippen LogP contribution in [0.5, 0.6) is 5.75 Å². The van der Waals surface area contributed by atoms with Crippen LogP contribution in [0.4, 0.5) is 11.4 Å². The predicted molar refractivity (Wildman–Crippen MR) is 81.5 cm³/mol. The lowest BCUT2D eigenvalue weighted by Gasteiger charge is -2.03. The molecule has 0 radical (unpaired) electrons. The Labute approximate surface area is 117 Å². The quantitative estimate of drug-likeness (QED) is 0.662. The Kier molecular flexibility index (Phi) is 4.39. The van der Waals surface area contributed by atoms with E-state index in [1.807, 2.05) is 24.3 Å². The highest BCUT2D eigenvalue weighted by molar-refractivity contribution is 6.02. The number of hydrogen-bond acceptors (Lipinski definition) is 3. The number of nitrogens with one attached hydrogen (secondary N) is 1. The summed E-state index contributed by atoms with van der Waals surface area (Å²) in [7, 11) is 1.61. The van der Waals surface area contributed by atoms with Gasteiger partial charge < -0.3 is 15.8 Å². The van der Waals surface area contributed by atoms with Crippen molar-refractivity contribution in [3.8, 4) is 5.75 Å². The van der Waals surface area contributed by atoms with E-state index in [4.69, 9.17) is 10.5 Å². The number of carbonyl (C=O) groups excluding carboxylic acids is 1. The Morgan fingerprint density at radius 1 is 1.20 bits per heavy atom. The van der Waals surface area contributed by atoms with Crippen molar-refractivity contribution in [3.05, 3.63) is 60.2 Å². The second-order valence-electron chi connectivity index (χ2n) is 4.22. The van der Waals surface area contributed by atoms with Crippen molar-refractivity contribution in [1.29, 1.82) is 0 Å². The average molecular weight is 268 g/mol. The van der Waals surface area contributed by atoms with Crippen molar-refractivity contribution in [1.82, 2.24) is 0 Å². The molecule has 3 N–H and O–H groups in total. The van der Waals surface area contributed by atoms with Gasteiger partial charge in [0, 0.05) is 17.5 Å². The number of ether oxygens (including phenoxy) is 1. The standard InChI is InChI=1S/C16H16N2O2/c1-20-15-8-5-12(6-9-15)7-10-16(19)18-14-4-2-3-13(17)11-14/h2-11H,17H2,1H3,(H,18,19)/b10-7+. The van der Waals surface area contributed by atoms with Gasteiger partial charge in [-0.3, -0.25) is 4.79 Å². The van der Waals surface area contributed by atoms with Gasteiger partial charge in [-0.15, -0.1) is 0 Å². The first-order valence-electron chi connectivity index (χ1n) is 6.16. The summed E-state index contributed by atoms with van der Waals surface area (Å²) in [6, 6.07) is 14.5. The zero-order chi connectivity index (χ0) is 14.4. The van der Waals surface area contributed by atoms with Crippen molar-refractivity contribution in [2.24, 2.45) is 0 Å². The van der Waals surface area contributed by atoms with Crippen LogP contribution >= 0.6 is 0 Å². The molecule has 0 aromatic heterocycles. The van der Waals surface area contributed by atoms with Crippen LogP contribution in [0, 0.1) is 0 Å². The third-order valence-electron chi connectivity index (χ3n) is 2.70. The minimum atomic E-state index is -0.202. The van der Waals surface area contributed by atoms with E-state index >= 15 is 0 Å². The molecule has 0 atom stereocenters. The first-order valence-corrected chi connectivity index (χ1v) is 6.16. The fourth-order valence-electron chi connectivity index (χ4n) is 1.69. The maximum Gasteiger partial charge on any atom is 0.248 e. The average Bonchev–Trinajstić information content (AvgIpc) is 2.46. The monoisotopic (exact) mass is 268 g/mol. The minimum absolute atomic E-state index is 0.202. The van der Waals surface area contributed by atoms with Crippen LogP contribution in [-0.4, -0.2) is 13.0 Å². The second kappa shape index (κ2) is 6.43. The van der Waals surface area contributed by atoms with Crippen LogP contribution in [0.3, 0.4) is 0 Å². The normalized spacial score (nSPS) is 10.4. The summed E-state index contributed by atoms with van der Waals surface area (Å²) < 4.78 is 5.07. The lowest BCUT2D eigenvalue weighted by Crippen LogP contribution is -2.07. The number of anilines is 2. The molecule has 0 aliphatic heterocycles. The first-order chi connectivity index (χ1) is 9.67. The summed E-state index contributed by atoms with van der Waals surface area (Å²) >= 11 is 0. The largest absolute Gasteiger partial charge is 0.497 e. The Morgan fingerprint density at radius 3 is 2.60 bits per heavy atom. The van der Waals surface area contributed by atoms with Gasteiger partial charge in [0.05, 0.1) is 7.11 Å². The van der Waals surface area contributed by atoms with Gasteiger partial charge in [-0.05, 0) is 42.0 Å². The Bertz CT molecular complexity index is 619. The van der Waals surface area contributed by atoms with Crippen LogP contribution in [0.2, 0.25) is 0 Å². The van der Waals surface area contributed by atoms with Gasteiger partial charge in [-0.2, -0.15) is 0 Å². The lowest BCUT2D eigenvalue weighted by molar-refractivity contribution is -0.111. The van der Waals surface area contributed by atoms with Gasteiger partial charge in [0.1, 0.15) is 5.75 Å². The summed E-state index contributed by atoms with van der Waals surface area (Å²) in [5.74, 6) is 0.581. The number of amides is 1. The molecule has 0 unspecified atom stereocenters. The molecule has 20 heavy (non-hydrogen) atoms. The highest BCUT2D eigenvalue weighted by Crippen LogP contribution is 2.13. The molecule has 0 saturated carbocycles. The van der Waals surface area contributed by atoms with Crippen molar-refractivity contribution in [2.45, 2.75) is 0 Å². The van der Waals surface area contributed by atoms with E-state index in [9.17, 15) is 4.79 Å². The first kappa shape index (κ1) is 13.7. The smallest absolute Gasteiger partial charge is 0.248 e. The van der Waals surface area contributed by atoms with Crippen LogP contribution < -0.4 is 15.8 Å². The Hall–Kier alpha value is -2.75. The number of nitrogen functional groups attached to an aromatic ring is 1. The van der Waals surface area contributed by atoms with E-state index in [0.717, 1.165) is 11.3 Å². The molecule has 2 aromatic rings. The van der Waals surface area contributed by atoms with Crippen molar-refractivity contribution in [2.75, 3.05) is 18.2 Å². The van der Waals surface area contributed by atoms with E-state index < -0.39 is 0 Å². The molecule has 4 nitrogen and oxygen atoms in total. The molecule has 1 amide bonds. The van der Waals surface area contributed by atoms with Crippen molar-refractivity contribution >= 4 is 23.4 Å². The topological polar surface area (TPSA) is 64.3 Å². The van der Waals surface area contributed by atoms with Crippen LogP contribution in [0.15, 0.2) is 54.6 Å². The number of carbonyl (C=O) groups is 1. The van der Waals surface area contributed by atoms with Crippen molar-refractivity contribution in [3.63, 3.8) is 0 Å². The molecule has 0 aliphatic carbocycles. The second-order valence-corrected chi connectivity index (χ2v) is 4.22. The number of nitrogens with two attached hydrogens (primary N) is 1. The molecule has 0 heterocycles. The van der Waals surface area contributed by atoms with Crippen LogP contribution in [0.25, 0.3) is 6.08 Å². The summed E-state index contributed by atoms with van der Waals surface area (Å²) in [4.78, 5) is 11.8. The number of benzene rings is 2. The fourth-order valence-corrected chi connectivity index (χ4v) is 1.69. The highest BCUT2D eigenvalue weighted by Gasteiger charge is 1.98. The van der Waals surface area contributed by atoms with Crippen LogP contribution in [0.1, 0.15) is 5.56 Å². The van der Waals surface area contributed by atoms with Crippen LogP contribution in [-0.2, 0) is 4.79 Å². The van der Waals surface area contributed by atoms with Crippen molar-refractivity contribution < 1.29 is 9.53 Å². The molecule has 0 fully saturated rings. The summed E-state index contributed by atoms with van der Waals surface area (Å²) in [6.07, 6.45) is 3.21. The third-order valence-corrected chi connectivity index (χ3v) is 2.70. The molecule has 0 saturated heterocycles. The number of methoxy groups -OCH3 is 1. The van der Waals surface area contributed by atoms with E-state index in [1.54, 1.807) is 37.5 Å². The molecular weight excluding hydrogens is 252 g/mol. The minimum Gasteiger partial charge on any atom is -0.497 e. The fraction of sp³-hybridized carbons (Fsp3) is 0.0625. The van der Waals surface area contributed by atoms with Gasteiger partial charge in [0.2, 0.25) is 5.91 Å². The van der Waals surface area contributed by atoms with Gasteiger partial charge in [-0.25, -0.2) is 0 Å². The maximum absolute atomic E-state index is 11.8. The number of rotatable bonds is 4. The molecule has 4 heteroatoms. The molecule has 102 valence electrons. The zero-order valence-corrected chi connectivity index (χ0v) is 11.2. The predicted octanol–water partition coefficient (Wildman–Crippen LogP) is 2.93. The summed E-state index contributed by atoms with van der Waals surface area (Å²) in [6.45, 7) is 0. The molecular formula is C16H16N2O2. The molecule has 2 aromatic carbocycles. The van der Waals surface area contributed by atoms with Gasteiger partial charge in [0.25, 0.3) is 0 Å². The maximum atomic E-state index is 11.8. The van der Waals surface area contributed by atoms with Gasteiger partial charge in [-0.1, -0.05) is 18.2 Å². The Balaban J connectivity index is 1.98. The molecule has 0 spiro atoms. The SMILES string of the molecule is COc1ccc(/C=C/C(=O)Nc2cccc(N)c2)cc1. The Morgan fingerprint density at radius 2 is 1.95 bits per heavy atom. The van der Waals surface area contributed by atoms with E-state index in [-0.39, 0.29) is 5.91 Å². The number of hydrogen-bond donors (Lipinski definition) is 2. The molecule has 2 rings (SSSR count). The zero-order valence-electron chi connectivity index (χ0n) is 11.2.